The van der Waals surface area contributed by atoms with Crippen molar-refractivity contribution < 1.29 is 9.53 Å². The van der Waals surface area contributed by atoms with Gasteiger partial charge in [0, 0.05) is 10.4 Å². The van der Waals surface area contributed by atoms with E-state index in [-0.39, 0.29) is 5.91 Å². The highest BCUT2D eigenvalue weighted by Gasteiger charge is 2.33. The fraction of sp³-hybridized carbons (Fsp3) is 0.0476. The first-order chi connectivity index (χ1) is 13.1. The van der Waals surface area contributed by atoms with Crippen molar-refractivity contribution in [2.24, 2.45) is 0 Å². The van der Waals surface area contributed by atoms with Crippen LogP contribution in [0.5, 0.6) is 5.75 Å². The molecule has 27 heavy (non-hydrogen) atoms. The van der Waals surface area contributed by atoms with Crippen LogP contribution in [0.15, 0.2) is 65.6 Å². The summed E-state index contributed by atoms with van der Waals surface area (Å²) < 4.78 is 5.93. The molecule has 0 bridgehead atoms. The molecular formula is C21H14ClNO2S2. The average Bonchev–Trinajstić information content (AvgIpc) is 2.95. The smallest absolute Gasteiger partial charge is 0.270 e. The number of carbonyl (C=O) groups is 1. The van der Waals surface area contributed by atoms with Gasteiger partial charge in [0.15, 0.2) is 4.32 Å². The lowest BCUT2D eigenvalue weighted by molar-refractivity contribution is -0.113. The molecule has 0 saturated carbocycles. The number of halogens is 1. The van der Waals surface area contributed by atoms with Crippen LogP contribution < -0.4 is 9.64 Å². The molecule has 1 aliphatic rings. The first-order valence-electron chi connectivity index (χ1n) is 8.18. The van der Waals surface area contributed by atoms with Crippen LogP contribution in [0.3, 0.4) is 0 Å². The maximum absolute atomic E-state index is 13.0. The van der Waals surface area contributed by atoms with E-state index in [1.807, 2.05) is 48.5 Å². The third kappa shape index (κ3) is 3.34. The van der Waals surface area contributed by atoms with Crippen molar-refractivity contribution in [2.45, 2.75) is 0 Å². The van der Waals surface area contributed by atoms with E-state index in [9.17, 15) is 4.79 Å². The van der Waals surface area contributed by atoms with E-state index in [0.717, 1.165) is 22.1 Å². The quantitative estimate of drug-likeness (QED) is 0.396. The van der Waals surface area contributed by atoms with Gasteiger partial charge in [-0.3, -0.25) is 9.69 Å². The topological polar surface area (TPSA) is 29.5 Å². The Morgan fingerprint density at radius 3 is 2.59 bits per heavy atom. The molecule has 0 spiro atoms. The highest BCUT2D eigenvalue weighted by Crippen LogP contribution is 2.38. The van der Waals surface area contributed by atoms with Gasteiger partial charge in [-0.25, -0.2) is 0 Å². The van der Waals surface area contributed by atoms with Crippen LogP contribution >= 0.6 is 35.6 Å². The van der Waals surface area contributed by atoms with Crippen molar-refractivity contribution >= 4 is 68.3 Å². The van der Waals surface area contributed by atoms with E-state index >= 15 is 0 Å². The van der Waals surface area contributed by atoms with E-state index < -0.39 is 0 Å². The van der Waals surface area contributed by atoms with Crippen molar-refractivity contribution in [3.8, 4) is 5.75 Å². The summed E-state index contributed by atoms with van der Waals surface area (Å²) in [4.78, 5) is 15.1. The van der Waals surface area contributed by atoms with Gasteiger partial charge >= 0.3 is 0 Å². The minimum absolute atomic E-state index is 0.146. The molecule has 3 aromatic carbocycles. The second kappa shape index (κ2) is 7.35. The molecule has 3 nitrogen and oxygen atoms in total. The lowest BCUT2D eigenvalue weighted by Crippen LogP contribution is -2.27. The van der Waals surface area contributed by atoms with E-state index in [1.165, 1.54) is 16.7 Å². The summed E-state index contributed by atoms with van der Waals surface area (Å²) in [5.41, 5.74) is 1.62. The third-order valence-electron chi connectivity index (χ3n) is 4.28. The molecule has 0 aliphatic carbocycles. The number of nitrogens with zero attached hydrogens (tertiary/aromatic N) is 1. The van der Waals surface area contributed by atoms with Crippen molar-refractivity contribution in [2.75, 3.05) is 12.0 Å². The summed E-state index contributed by atoms with van der Waals surface area (Å²) in [5.74, 6) is 0.654. The van der Waals surface area contributed by atoms with Gasteiger partial charge in [-0.05, 0) is 41.3 Å². The molecule has 3 aromatic rings. The maximum atomic E-state index is 13.0. The molecule has 0 unspecified atom stereocenters. The summed E-state index contributed by atoms with van der Waals surface area (Å²) in [6.45, 7) is 0. The molecule has 4 rings (SSSR count). The fourth-order valence-electron chi connectivity index (χ4n) is 3.05. The monoisotopic (exact) mass is 411 g/mol. The number of benzene rings is 3. The molecule has 0 atom stereocenters. The highest BCUT2D eigenvalue weighted by molar-refractivity contribution is 8.27. The summed E-state index contributed by atoms with van der Waals surface area (Å²) in [6, 6.07) is 18.9. The van der Waals surface area contributed by atoms with Crippen molar-refractivity contribution in [3.63, 3.8) is 0 Å². The van der Waals surface area contributed by atoms with Crippen molar-refractivity contribution in [3.05, 3.63) is 76.2 Å². The second-order valence-corrected chi connectivity index (χ2v) is 8.01. The Morgan fingerprint density at radius 2 is 1.85 bits per heavy atom. The molecule has 1 fully saturated rings. The van der Waals surface area contributed by atoms with Crippen LogP contribution in [-0.4, -0.2) is 17.3 Å². The minimum atomic E-state index is -0.146. The van der Waals surface area contributed by atoms with Gasteiger partial charge in [0.1, 0.15) is 5.75 Å². The molecule has 1 aliphatic heterocycles. The average molecular weight is 412 g/mol. The number of fused-ring (bicyclic) bond motifs is 1. The van der Waals surface area contributed by atoms with Crippen LogP contribution in [0.1, 0.15) is 5.56 Å². The van der Waals surface area contributed by atoms with E-state index in [1.54, 1.807) is 25.3 Å². The van der Waals surface area contributed by atoms with Crippen LogP contribution in [0.25, 0.3) is 16.8 Å². The number of methoxy groups -OCH3 is 1. The molecular weight excluding hydrogens is 398 g/mol. The number of thiocarbonyl (C=S) groups is 1. The van der Waals surface area contributed by atoms with Gasteiger partial charge in [-0.2, -0.15) is 0 Å². The Kier molecular flexibility index (Phi) is 4.91. The molecule has 1 saturated heterocycles. The number of hydrogen-bond donors (Lipinski definition) is 0. The van der Waals surface area contributed by atoms with Crippen molar-refractivity contribution in [1.29, 1.82) is 0 Å². The second-order valence-electron chi connectivity index (χ2n) is 5.90. The van der Waals surface area contributed by atoms with Crippen LogP contribution in [-0.2, 0) is 4.79 Å². The lowest BCUT2D eigenvalue weighted by Gasteiger charge is -2.14. The summed E-state index contributed by atoms with van der Waals surface area (Å²) in [5, 5.41) is 2.58. The summed E-state index contributed by atoms with van der Waals surface area (Å²) in [6.07, 6.45) is 1.88. The Morgan fingerprint density at radius 1 is 1.07 bits per heavy atom. The number of rotatable bonds is 3. The molecule has 1 heterocycles. The van der Waals surface area contributed by atoms with E-state index in [4.69, 9.17) is 28.6 Å². The third-order valence-corrected chi connectivity index (χ3v) is 5.82. The lowest BCUT2D eigenvalue weighted by atomic mass is 10.0. The normalized spacial score (nSPS) is 15.8. The summed E-state index contributed by atoms with van der Waals surface area (Å²) in [7, 11) is 1.65. The Hall–Kier alpha value is -2.34. The Balaban J connectivity index is 1.77. The predicted octanol–water partition coefficient (Wildman–Crippen LogP) is 5.91. The first-order valence-corrected chi connectivity index (χ1v) is 9.78. The number of hydrogen-bond acceptors (Lipinski definition) is 4. The van der Waals surface area contributed by atoms with Crippen molar-refractivity contribution in [1.82, 2.24) is 0 Å². The van der Waals surface area contributed by atoms with Gasteiger partial charge in [-0.15, -0.1) is 0 Å². The van der Waals surface area contributed by atoms with Crippen LogP contribution in [0.2, 0.25) is 5.02 Å². The Bertz CT molecular complexity index is 1110. The predicted molar refractivity (Wildman–Crippen MR) is 118 cm³/mol. The number of carbonyl (C=O) groups excluding carboxylic acids is 1. The zero-order valence-electron chi connectivity index (χ0n) is 14.3. The molecule has 1 amide bonds. The largest absolute Gasteiger partial charge is 0.496 e. The zero-order chi connectivity index (χ0) is 19.0. The van der Waals surface area contributed by atoms with Gasteiger partial charge in [0.25, 0.3) is 5.91 Å². The number of anilines is 1. The summed E-state index contributed by atoms with van der Waals surface area (Å²) >= 11 is 12.8. The first kappa shape index (κ1) is 18.0. The molecule has 0 aromatic heterocycles. The van der Waals surface area contributed by atoms with Gasteiger partial charge in [-0.1, -0.05) is 72.0 Å². The minimum Gasteiger partial charge on any atom is -0.496 e. The van der Waals surface area contributed by atoms with E-state index in [2.05, 4.69) is 0 Å². The van der Waals surface area contributed by atoms with Gasteiger partial charge < -0.3 is 4.74 Å². The highest BCUT2D eigenvalue weighted by atomic mass is 35.5. The van der Waals surface area contributed by atoms with Crippen LogP contribution in [0.4, 0.5) is 5.69 Å². The molecule has 0 radical (unpaired) electrons. The van der Waals surface area contributed by atoms with E-state index in [0.29, 0.717) is 19.9 Å². The fourth-order valence-corrected chi connectivity index (χ4v) is 4.52. The van der Waals surface area contributed by atoms with Gasteiger partial charge in [0.2, 0.25) is 0 Å². The molecule has 0 N–H and O–H groups in total. The SMILES string of the molecule is COc1ccc(C=C2SC(=S)N(c3cccc(Cl)c3)C2=O)c2ccccc12. The number of thioether (sulfide) groups is 1. The zero-order valence-corrected chi connectivity index (χ0v) is 16.7. The van der Waals surface area contributed by atoms with Crippen LogP contribution in [0, 0.1) is 0 Å². The standard InChI is InChI=1S/C21H14ClNO2S2/c1-25-18-10-9-13(16-7-2-3-8-17(16)18)11-19-20(24)23(21(26)27-19)15-6-4-5-14(22)12-15/h2-12H,1H3. The number of amides is 1. The molecule has 6 heteroatoms. The molecule has 134 valence electrons. The maximum Gasteiger partial charge on any atom is 0.270 e. The van der Waals surface area contributed by atoms with Gasteiger partial charge in [0.05, 0.1) is 17.7 Å². The Labute approximate surface area is 171 Å². The number of ether oxygens (including phenoxy) is 1.